The smallest absolute Gasteiger partial charge is 0.220 e. The van der Waals surface area contributed by atoms with Crippen LogP contribution in [0.25, 0.3) is 0 Å². The van der Waals surface area contributed by atoms with Gasteiger partial charge in [-0.15, -0.1) is 0 Å². The molecule has 0 aliphatic carbocycles. The van der Waals surface area contributed by atoms with Gasteiger partial charge in [0.15, 0.2) is 0 Å². The second-order valence-electron chi connectivity index (χ2n) is 6.74. The first kappa shape index (κ1) is 17.8. The molecule has 4 heteroatoms. The summed E-state index contributed by atoms with van der Waals surface area (Å²) >= 11 is 0. The maximum absolute atomic E-state index is 12.1. The number of ether oxygens (including phenoxy) is 1. The molecule has 0 saturated carbocycles. The Balaban J connectivity index is 2.04. The molecule has 0 aromatic heterocycles. The van der Waals surface area contributed by atoms with E-state index in [0.717, 1.165) is 25.3 Å². The summed E-state index contributed by atoms with van der Waals surface area (Å²) in [6.07, 6.45) is 4.01. The molecule has 1 aromatic carbocycles. The number of rotatable bonds is 8. The lowest BCUT2D eigenvalue weighted by atomic mass is 10.0. The van der Waals surface area contributed by atoms with Crippen LogP contribution in [0.3, 0.4) is 0 Å². The maximum atomic E-state index is 12.1. The van der Waals surface area contributed by atoms with Gasteiger partial charge < -0.3 is 10.1 Å². The van der Waals surface area contributed by atoms with Crippen LogP contribution < -0.4 is 10.1 Å². The minimum Gasteiger partial charge on any atom is -0.496 e. The molecule has 1 unspecified atom stereocenters. The van der Waals surface area contributed by atoms with Crippen molar-refractivity contribution < 1.29 is 9.53 Å². The number of methoxy groups -OCH3 is 1. The van der Waals surface area contributed by atoms with Gasteiger partial charge in [-0.05, 0) is 44.3 Å². The van der Waals surface area contributed by atoms with Gasteiger partial charge in [0.1, 0.15) is 5.75 Å². The zero-order chi connectivity index (χ0) is 16.7. The molecule has 1 fully saturated rings. The number of hydrogen-bond acceptors (Lipinski definition) is 3. The van der Waals surface area contributed by atoms with E-state index in [1.807, 2.05) is 18.2 Å². The van der Waals surface area contributed by atoms with Crippen LogP contribution in [0.2, 0.25) is 0 Å². The van der Waals surface area contributed by atoms with Crippen LogP contribution in [-0.4, -0.2) is 37.6 Å². The Labute approximate surface area is 140 Å². The van der Waals surface area contributed by atoms with Crippen LogP contribution in [-0.2, 0) is 4.79 Å². The number of amides is 1. The van der Waals surface area contributed by atoms with Crippen LogP contribution in [0.1, 0.15) is 51.1 Å². The summed E-state index contributed by atoms with van der Waals surface area (Å²) in [4.78, 5) is 14.6. The van der Waals surface area contributed by atoms with Gasteiger partial charge in [-0.1, -0.05) is 32.0 Å². The average molecular weight is 318 g/mol. The molecule has 1 N–H and O–H groups in total. The minimum absolute atomic E-state index is 0.151. The Morgan fingerprint density at radius 3 is 2.61 bits per heavy atom. The van der Waals surface area contributed by atoms with Crippen LogP contribution in [0.15, 0.2) is 24.3 Å². The molecule has 1 amide bonds. The van der Waals surface area contributed by atoms with E-state index in [2.05, 4.69) is 30.1 Å². The zero-order valence-corrected chi connectivity index (χ0v) is 14.7. The highest BCUT2D eigenvalue weighted by atomic mass is 16.5. The number of likely N-dealkylation sites (tertiary alicyclic amines) is 1. The molecule has 4 nitrogen and oxygen atoms in total. The summed E-state index contributed by atoms with van der Waals surface area (Å²) in [6.45, 7) is 7.12. The fraction of sp³-hybridized carbons (Fsp3) is 0.632. The highest BCUT2D eigenvalue weighted by Crippen LogP contribution is 2.31. The molecule has 23 heavy (non-hydrogen) atoms. The topological polar surface area (TPSA) is 41.6 Å². The minimum atomic E-state index is 0.151. The zero-order valence-electron chi connectivity index (χ0n) is 14.7. The van der Waals surface area contributed by atoms with Crippen molar-refractivity contribution in [3.63, 3.8) is 0 Å². The van der Waals surface area contributed by atoms with Gasteiger partial charge in [-0.2, -0.15) is 0 Å². The number of nitrogens with zero attached hydrogens (tertiary/aromatic N) is 1. The quantitative estimate of drug-likeness (QED) is 0.799. The van der Waals surface area contributed by atoms with Crippen molar-refractivity contribution in [1.82, 2.24) is 10.2 Å². The molecule has 0 radical (unpaired) electrons. The highest BCUT2D eigenvalue weighted by molar-refractivity contribution is 5.75. The lowest BCUT2D eigenvalue weighted by molar-refractivity contribution is -0.121. The van der Waals surface area contributed by atoms with Crippen molar-refractivity contribution in [1.29, 1.82) is 0 Å². The number of carbonyl (C=O) groups is 1. The first-order valence-corrected chi connectivity index (χ1v) is 8.75. The van der Waals surface area contributed by atoms with Gasteiger partial charge in [0.25, 0.3) is 0 Å². The average Bonchev–Trinajstić information content (AvgIpc) is 3.08. The predicted molar refractivity (Wildman–Crippen MR) is 93.6 cm³/mol. The van der Waals surface area contributed by atoms with Crippen molar-refractivity contribution >= 4 is 5.91 Å². The number of benzene rings is 1. The Kier molecular flexibility index (Phi) is 6.90. The van der Waals surface area contributed by atoms with Gasteiger partial charge in [0.2, 0.25) is 5.91 Å². The lowest BCUT2D eigenvalue weighted by Gasteiger charge is -2.29. The predicted octanol–water partition coefficient (Wildman–Crippen LogP) is 3.38. The van der Waals surface area contributed by atoms with E-state index >= 15 is 0 Å². The molecule has 1 aromatic rings. The third-order valence-corrected chi connectivity index (χ3v) is 4.52. The normalized spacial score (nSPS) is 16.5. The van der Waals surface area contributed by atoms with Gasteiger partial charge in [-0.3, -0.25) is 9.69 Å². The second-order valence-corrected chi connectivity index (χ2v) is 6.74. The fourth-order valence-electron chi connectivity index (χ4n) is 3.15. The number of hydrogen-bond donors (Lipinski definition) is 1. The Bertz CT molecular complexity index is 496. The van der Waals surface area contributed by atoms with Gasteiger partial charge in [0, 0.05) is 18.5 Å². The molecule has 1 atom stereocenters. The standard InChI is InChI=1S/C19H30N2O2/c1-15(2)10-11-19(22)20-14-17(21-12-6-7-13-21)16-8-4-5-9-18(16)23-3/h4-5,8-9,15,17H,6-7,10-14H2,1-3H3,(H,20,22). The third kappa shape index (κ3) is 5.24. The summed E-state index contributed by atoms with van der Waals surface area (Å²) in [7, 11) is 1.71. The molecule has 1 aliphatic rings. The molecule has 0 bridgehead atoms. The van der Waals surface area contributed by atoms with E-state index in [1.165, 1.54) is 18.4 Å². The molecule has 1 heterocycles. The van der Waals surface area contributed by atoms with Crippen LogP contribution in [0, 0.1) is 5.92 Å². The summed E-state index contributed by atoms with van der Waals surface area (Å²) in [5, 5.41) is 3.13. The van der Waals surface area contributed by atoms with Crippen molar-refractivity contribution in [2.75, 3.05) is 26.7 Å². The van der Waals surface area contributed by atoms with Crippen molar-refractivity contribution in [3.8, 4) is 5.75 Å². The third-order valence-electron chi connectivity index (χ3n) is 4.52. The summed E-state index contributed by atoms with van der Waals surface area (Å²) in [5.41, 5.74) is 1.17. The van der Waals surface area contributed by atoms with E-state index in [-0.39, 0.29) is 11.9 Å². The second kappa shape index (κ2) is 8.92. The molecular weight excluding hydrogens is 288 g/mol. The Morgan fingerprint density at radius 1 is 1.26 bits per heavy atom. The van der Waals surface area contributed by atoms with Crippen molar-refractivity contribution in [2.45, 2.75) is 45.6 Å². The fourth-order valence-corrected chi connectivity index (χ4v) is 3.15. The monoisotopic (exact) mass is 318 g/mol. The molecule has 1 aliphatic heterocycles. The Hall–Kier alpha value is -1.55. The summed E-state index contributed by atoms with van der Waals surface area (Å²) in [5.74, 6) is 1.61. The molecular formula is C19H30N2O2. The molecule has 0 spiro atoms. The van der Waals surface area contributed by atoms with Crippen LogP contribution >= 0.6 is 0 Å². The van der Waals surface area contributed by atoms with E-state index < -0.39 is 0 Å². The Morgan fingerprint density at radius 2 is 1.96 bits per heavy atom. The summed E-state index contributed by atoms with van der Waals surface area (Å²) < 4.78 is 5.53. The molecule has 2 rings (SSSR count). The van der Waals surface area contributed by atoms with Crippen LogP contribution in [0.5, 0.6) is 5.75 Å². The number of para-hydroxylation sites is 1. The van der Waals surface area contributed by atoms with E-state index in [4.69, 9.17) is 4.74 Å². The largest absolute Gasteiger partial charge is 0.496 e. The number of carbonyl (C=O) groups excluding carboxylic acids is 1. The van der Waals surface area contributed by atoms with Crippen LogP contribution in [0.4, 0.5) is 0 Å². The molecule has 128 valence electrons. The maximum Gasteiger partial charge on any atom is 0.220 e. The number of nitrogens with one attached hydrogen (secondary N) is 1. The lowest BCUT2D eigenvalue weighted by Crippen LogP contribution is -2.37. The van der Waals surface area contributed by atoms with Crippen molar-refractivity contribution in [2.24, 2.45) is 5.92 Å². The van der Waals surface area contributed by atoms with Gasteiger partial charge >= 0.3 is 0 Å². The SMILES string of the molecule is COc1ccccc1C(CNC(=O)CCC(C)C)N1CCCC1. The summed E-state index contributed by atoms with van der Waals surface area (Å²) in [6, 6.07) is 8.34. The van der Waals surface area contributed by atoms with E-state index in [9.17, 15) is 4.79 Å². The first-order chi connectivity index (χ1) is 11.1. The van der Waals surface area contributed by atoms with Gasteiger partial charge in [0.05, 0.1) is 13.2 Å². The van der Waals surface area contributed by atoms with Gasteiger partial charge in [-0.25, -0.2) is 0 Å². The first-order valence-electron chi connectivity index (χ1n) is 8.75. The van der Waals surface area contributed by atoms with E-state index in [0.29, 0.717) is 18.9 Å². The van der Waals surface area contributed by atoms with Crippen molar-refractivity contribution in [3.05, 3.63) is 29.8 Å². The van der Waals surface area contributed by atoms with E-state index in [1.54, 1.807) is 7.11 Å². The highest BCUT2D eigenvalue weighted by Gasteiger charge is 2.26. The molecule has 1 saturated heterocycles.